The fourth-order valence-corrected chi connectivity index (χ4v) is 3.53. The van der Waals surface area contributed by atoms with Crippen LogP contribution in [0, 0.1) is 0 Å². The van der Waals surface area contributed by atoms with E-state index in [-0.39, 0.29) is 0 Å². The standard InChI is InChI=1S/C20H25BrN6/c1-22-20(26(3)15-19-11-17(21)14-25(19)2)23-10-9-16-12-24-27(13-16)18-7-5-4-6-8-18/h4-8,11-14H,9-10,15H2,1-3H3,(H,22,23). The second kappa shape index (κ2) is 8.90. The summed E-state index contributed by atoms with van der Waals surface area (Å²) in [5.74, 6) is 0.878. The Morgan fingerprint density at radius 1 is 1.26 bits per heavy atom. The van der Waals surface area contributed by atoms with Crippen LogP contribution in [-0.2, 0) is 20.0 Å². The van der Waals surface area contributed by atoms with Crippen LogP contribution < -0.4 is 5.32 Å². The molecule has 1 aromatic carbocycles. The van der Waals surface area contributed by atoms with Crippen LogP contribution in [0.4, 0.5) is 0 Å². The van der Waals surface area contributed by atoms with E-state index in [1.54, 1.807) is 0 Å². The van der Waals surface area contributed by atoms with Crippen LogP contribution >= 0.6 is 15.9 Å². The lowest BCUT2D eigenvalue weighted by Crippen LogP contribution is -2.39. The van der Waals surface area contributed by atoms with Gasteiger partial charge in [-0.15, -0.1) is 0 Å². The van der Waals surface area contributed by atoms with E-state index >= 15 is 0 Å². The van der Waals surface area contributed by atoms with Gasteiger partial charge < -0.3 is 14.8 Å². The van der Waals surface area contributed by atoms with E-state index in [4.69, 9.17) is 0 Å². The van der Waals surface area contributed by atoms with E-state index in [2.05, 4.69) is 66.3 Å². The molecule has 2 heterocycles. The fraction of sp³-hybridized carbons (Fsp3) is 0.300. The highest BCUT2D eigenvalue weighted by Crippen LogP contribution is 2.15. The Morgan fingerprint density at radius 3 is 2.70 bits per heavy atom. The van der Waals surface area contributed by atoms with Gasteiger partial charge in [0, 0.05) is 50.2 Å². The molecule has 0 unspecified atom stereocenters. The number of hydrogen-bond acceptors (Lipinski definition) is 2. The number of para-hydroxylation sites is 1. The van der Waals surface area contributed by atoms with Gasteiger partial charge in [-0.1, -0.05) is 18.2 Å². The number of aliphatic imine (C=N–C) groups is 1. The summed E-state index contributed by atoms with van der Waals surface area (Å²) in [5.41, 5.74) is 3.48. The molecule has 27 heavy (non-hydrogen) atoms. The second-order valence-corrected chi connectivity index (χ2v) is 7.38. The summed E-state index contributed by atoms with van der Waals surface area (Å²) in [6, 6.07) is 12.3. The molecule has 0 amide bonds. The number of benzene rings is 1. The fourth-order valence-electron chi connectivity index (χ4n) is 2.96. The highest BCUT2D eigenvalue weighted by atomic mass is 79.9. The zero-order chi connectivity index (χ0) is 19.2. The van der Waals surface area contributed by atoms with Gasteiger partial charge in [0.1, 0.15) is 0 Å². The Labute approximate surface area is 168 Å². The molecular weight excluding hydrogens is 404 g/mol. The Balaban J connectivity index is 1.53. The summed E-state index contributed by atoms with van der Waals surface area (Å²) in [6.45, 7) is 1.59. The van der Waals surface area contributed by atoms with Gasteiger partial charge in [0.15, 0.2) is 5.96 Å². The maximum absolute atomic E-state index is 4.45. The highest BCUT2D eigenvalue weighted by molar-refractivity contribution is 9.10. The monoisotopic (exact) mass is 428 g/mol. The Hall–Kier alpha value is -2.54. The van der Waals surface area contributed by atoms with E-state index in [0.717, 1.165) is 35.6 Å². The van der Waals surface area contributed by atoms with E-state index in [9.17, 15) is 0 Å². The van der Waals surface area contributed by atoms with Gasteiger partial charge in [0.05, 0.1) is 18.4 Å². The molecule has 3 aromatic rings. The van der Waals surface area contributed by atoms with Crippen molar-refractivity contribution in [3.05, 3.63) is 70.7 Å². The van der Waals surface area contributed by atoms with Crippen molar-refractivity contribution in [1.82, 2.24) is 24.6 Å². The second-order valence-electron chi connectivity index (χ2n) is 6.47. The van der Waals surface area contributed by atoms with Gasteiger partial charge >= 0.3 is 0 Å². The zero-order valence-electron chi connectivity index (χ0n) is 15.9. The number of guanidine groups is 1. The van der Waals surface area contributed by atoms with Crippen LogP contribution in [0.2, 0.25) is 0 Å². The maximum atomic E-state index is 4.45. The average molecular weight is 429 g/mol. The summed E-state index contributed by atoms with van der Waals surface area (Å²) in [4.78, 5) is 6.51. The van der Waals surface area contributed by atoms with Crippen LogP contribution in [0.1, 0.15) is 11.3 Å². The highest BCUT2D eigenvalue weighted by Gasteiger charge is 2.10. The predicted molar refractivity (Wildman–Crippen MR) is 113 cm³/mol. The molecule has 3 rings (SSSR count). The molecule has 0 saturated heterocycles. The van der Waals surface area contributed by atoms with E-state index in [0.29, 0.717) is 0 Å². The minimum Gasteiger partial charge on any atom is -0.356 e. The molecule has 7 heteroatoms. The normalized spacial score (nSPS) is 11.6. The summed E-state index contributed by atoms with van der Waals surface area (Å²) in [5, 5.41) is 7.88. The zero-order valence-corrected chi connectivity index (χ0v) is 17.5. The third-order valence-electron chi connectivity index (χ3n) is 4.40. The first kappa shape index (κ1) is 19.2. The van der Waals surface area contributed by atoms with Crippen molar-refractivity contribution in [3.8, 4) is 5.69 Å². The topological polar surface area (TPSA) is 50.4 Å². The van der Waals surface area contributed by atoms with Crippen LogP contribution in [-0.4, -0.2) is 45.8 Å². The molecule has 0 spiro atoms. The van der Waals surface area contributed by atoms with Crippen molar-refractivity contribution in [2.24, 2.45) is 12.0 Å². The molecule has 0 atom stereocenters. The molecule has 0 radical (unpaired) electrons. The van der Waals surface area contributed by atoms with Crippen molar-refractivity contribution in [1.29, 1.82) is 0 Å². The number of aromatic nitrogens is 3. The van der Waals surface area contributed by atoms with Gasteiger partial charge in [-0.25, -0.2) is 4.68 Å². The molecule has 6 nitrogen and oxygen atoms in total. The number of hydrogen-bond donors (Lipinski definition) is 1. The average Bonchev–Trinajstić information content (AvgIpc) is 3.26. The molecule has 1 N–H and O–H groups in total. The lowest BCUT2D eigenvalue weighted by molar-refractivity contribution is 0.462. The van der Waals surface area contributed by atoms with Gasteiger partial charge in [-0.3, -0.25) is 4.99 Å². The van der Waals surface area contributed by atoms with Crippen molar-refractivity contribution in [3.63, 3.8) is 0 Å². The Kier molecular flexibility index (Phi) is 6.34. The van der Waals surface area contributed by atoms with Gasteiger partial charge in [0.2, 0.25) is 0 Å². The van der Waals surface area contributed by atoms with Crippen molar-refractivity contribution in [2.75, 3.05) is 20.6 Å². The largest absolute Gasteiger partial charge is 0.356 e. The molecule has 0 saturated carbocycles. The summed E-state index contributed by atoms with van der Waals surface area (Å²) in [6.07, 6.45) is 6.94. The maximum Gasteiger partial charge on any atom is 0.193 e. The van der Waals surface area contributed by atoms with Crippen LogP contribution in [0.3, 0.4) is 0 Å². The Bertz CT molecular complexity index is 896. The first-order valence-electron chi connectivity index (χ1n) is 8.88. The molecule has 142 valence electrons. The van der Waals surface area contributed by atoms with Crippen LogP contribution in [0.15, 0.2) is 64.5 Å². The lowest BCUT2D eigenvalue weighted by Gasteiger charge is -2.22. The summed E-state index contributed by atoms with van der Waals surface area (Å²) < 4.78 is 5.11. The third kappa shape index (κ3) is 5.01. The number of halogens is 1. The molecule has 0 fully saturated rings. The summed E-state index contributed by atoms with van der Waals surface area (Å²) >= 11 is 3.52. The number of rotatable bonds is 6. The number of aryl methyl sites for hydroxylation is 1. The quantitative estimate of drug-likeness (QED) is 0.484. The van der Waals surface area contributed by atoms with Crippen molar-refractivity contribution >= 4 is 21.9 Å². The van der Waals surface area contributed by atoms with E-state index < -0.39 is 0 Å². The minimum atomic E-state index is 0.785. The minimum absolute atomic E-state index is 0.785. The number of nitrogens with zero attached hydrogens (tertiary/aromatic N) is 5. The molecule has 0 aliphatic carbocycles. The number of nitrogens with one attached hydrogen (secondary N) is 1. The van der Waals surface area contributed by atoms with Gasteiger partial charge in [-0.2, -0.15) is 5.10 Å². The molecule has 2 aromatic heterocycles. The first-order chi connectivity index (χ1) is 13.1. The van der Waals surface area contributed by atoms with Crippen molar-refractivity contribution < 1.29 is 0 Å². The molecular formula is C20H25BrN6. The van der Waals surface area contributed by atoms with Gasteiger partial charge in [0.25, 0.3) is 0 Å². The van der Waals surface area contributed by atoms with E-state index in [1.165, 1.54) is 11.3 Å². The first-order valence-corrected chi connectivity index (χ1v) is 9.67. The van der Waals surface area contributed by atoms with Crippen molar-refractivity contribution in [2.45, 2.75) is 13.0 Å². The molecule has 0 bridgehead atoms. The van der Waals surface area contributed by atoms with Crippen LogP contribution in [0.5, 0.6) is 0 Å². The SMILES string of the molecule is CN=C(NCCc1cnn(-c2ccccc2)c1)N(C)Cc1cc(Br)cn1C. The third-order valence-corrected chi connectivity index (χ3v) is 4.83. The van der Waals surface area contributed by atoms with E-state index in [1.807, 2.05) is 55.3 Å². The molecule has 0 aliphatic rings. The smallest absolute Gasteiger partial charge is 0.193 e. The summed E-state index contributed by atoms with van der Waals surface area (Å²) in [7, 11) is 5.91. The Morgan fingerprint density at radius 2 is 2.04 bits per heavy atom. The lowest BCUT2D eigenvalue weighted by atomic mass is 10.2. The molecule has 0 aliphatic heterocycles. The predicted octanol–water partition coefficient (Wildman–Crippen LogP) is 3.22. The van der Waals surface area contributed by atoms with Crippen LogP contribution in [0.25, 0.3) is 5.69 Å². The van der Waals surface area contributed by atoms with Gasteiger partial charge in [-0.05, 0) is 46.1 Å².